The van der Waals surface area contributed by atoms with Crippen molar-refractivity contribution in [1.82, 2.24) is 5.32 Å². The first-order chi connectivity index (χ1) is 8.57. The van der Waals surface area contributed by atoms with Crippen molar-refractivity contribution >= 4 is 0 Å². The van der Waals surface area contributed by atoms with E-state index in [1.165, 1.54) is 31.2 Å². The lowest BCUT2D eigenvalue weighted by Gasteiger charge is -2.25. The van der Waals surface area contributed by atoms with E-state index in [1.54, 1.807) is 0 Å². The Balaban J connectivity index is 1.86. The van der Waals surface area contributed by atoms with E-state index in [0.29, 0.717) is 5.54 Å². The van der Waals surface area contributed by atoms with Crippen LogP contribution in [0.15, 0.2) is 24.3 Å². The fraction of sp³-hybridized carbons (Fsp3) is 0.625. The minimum absolute atomic E-state index is 0.242. The van der Waals surface area contributed by atoms with Gasteiger partial charge in [-0.15, -0.1) is 0 Å². The molecule has 0 radical (unpaired) electrons. The van der Waals surface area contributed by atoms with Gasteiger partial charge in [0.1, 0.15) is 5.75 Å². The average Bonchev–Trinajstić information content (AvgIpc) is 2.75. The largest absolute Gasteiger partial charge is 0.491 e. The van der Waals surface area contributed by atoms with Crippen LogP contribution < -0.4 is 10.1 Å². The fourth-order valence-corrected chi connectivity index (χ4v) is 2.61. The molecular weight excluding hydrogens is 222 g/mol. The first-order valence-electron chi connectivity index (χ1n) is 7.08. The quantitative estimate of drug-likeness (QED) is 0.852. The molecule has 18 heavy (non-hydrogen) atoms. The third kappa shape index (κ3) is 3.74. The average molecular weight is 247 g/mol. The Labute approximate surface area is 111 Å². The molecule has 0 heterocycles. The Morgan fingerprint density at radius 3 is 2.33 bits per heavy atom. The molecule has 0 unspecified atom stereocenters. The van der Waals surface area contributed by atoms with Crippen LogP contribution in [0.1, 0.15) is 52.0 Å². The lowest BCUT2D eigenvalue weighted by Crippen LogP contribution is -2.38. The van der Waals surface area contributed by atoms with Gasteiger partial charge in [-0.1, -0.05) is 25.0 Å². The van der Waals surface area contributed by atoms with Gasteiger partial charge in [-0.25, -0.2) is 0 Å². The highest BCUT2D eigenvalue weighted by Crippen LogP contribution is 2.29. The normalized spacial score (nSPS) is 18.2. The summed E-state index contributed by atoms with van der Waals surface area (Å²) in [5.41, 5.74) is 1.69. The van der Waals surface area contributed by atoms with Gasteiger partial charge >= 0.3 is 0 Å². The van der Waals surface area contributed by atoms with E-state index in [9.17, 15) is 0 Å². The van der Waals surface area contributed by atoms with Gasteiger partial charge in [0, 0.05) is 12.1 Å². The lowest BCUT2D eigenvalue weighted by atomic mass is 10.0. The molecule has 100 valence electrons. The van der Waals surface area contributed by atoms with Gasteiger partial charge in [-0.3, -0.25) is 0 Å². The second kappa shape index (κ2) is 5.75. The predicted molar refractivity (Wildman–Crippen MR) is 75.9 cm³/mol. The molecule has 1 N–H and O–H groups in total. The van der Waals surface area contributed by atoms with Crippen molar-refractivity contribution in [2.45, 2.75) is 64.6 Å². The maximum atomic E-state index is 5.65. The molecule has 1 saturated carbocycles. The molecule has 0 amide bonds. The highest BCUT2D eigenvalue weighted by atomic mass is 16.5. The van der Waals surface area contributed by atoms with Crippen LogP contribution in [-0.4, -0.2) is 11.6 Å². The Bertz CT molecular complexity index is 363. The standard InChI is InChI=1S/C16H25NO/c1-13(2)18-15-8-6-14(7-9-15)12-17-16(3)10-4-5-11-16/h6-9,13,17H,4-5,10-12H2,1-3H3. The van der Waals surface area contributed by atoms with Crippen molar-refractivity contribution in [1.29, 1.82) is 0 Å². The molecular formula is C16H25NO. The summed E-state index contributed by atoms with van der Waals surface area (Å²) in [6.07, 6.45) is 5.59. The van der Waals surface area contributed by atoms with Crippen LogP contribution in [0.4, 0.5) is 0 Å². The summed E-state index contributed by atoms with van der Waals surface area (Å²) in [7, 11) is 0. The molecule has 1 aliphatic carbocycles. The van der Waals surface area contributed by atoms with E-state index in [-0.39, 0.29) is 6.10 Å². The van der Waals surface area contributed by atoms with Crippen molar-refractivity contribution in [2.24, 2.45) is 0 Å². The minimum atomic E-state index is 0.242. The molecule has 0 aromatic heterocycles. The molecule has 1 aliphatic rings. The van der Waals surface area contributed by atoms with Gasteiger partial charge < -0.3 is 10.1 Å². The predicted octanol–water partition coefficient (Wildman–Crippen LogP) is 3.90. The minimum Gasteiger partial charge on any atom is -0.491 e. The zero-order valence-electron chi connectivity index (χ0n) is 11.8. The maximum absolute atomic E-state index is 5.65. The topological polar surface area (TPSA) is 21.3 Å². The van der Waals surface area contributed by atoms with Crippen molar-refractivity contribution in [2.75, 3.05) is 0 Å². The van der Waals surface area contributed by atoms with E-state index >= 15 is 0 Å². The zero-order valence-corrected chi connectivity index (χ0v) is 11.8. The molecule has 1 aromatic carbocycles. The fourth-order valence-electron chi connectivity index (χ4n) is 2.61. The third-order valence-corrected chi connectivity index (χ3v) is 3.72. The van der Waals surface area contributed by atoms with E-state index in [1.807, 2.05) is 0 Å². The summed E-state index contributed by atoms with van der Waals surface area (Å²) in [4.78, 5) is 0. The Hall–Kier alpha value is -1.02. The van der Waals surface area contributed by atoms with Gasteiger partial charge in [0.05, 0.1) is 6.10 Å². The number of nitrogens with one attached hydrogen (secondary N) is 1. The molecule has 0 saturated heterocycles. The molecule has 1 fully saturated rings. The number of hydrogen-bond donors (Lipinski definition) is 1. The summed E-state index contributed by atoms with van der Waals surface area (Å²) >= 11 is 0. The van der Waals surface area contributed by atoms with E-state index in [0.717, 1.165) is 12.3 Å². The molecule has 0 aliphatic heterocycles. The van der Waals surface area contributed by atoms with E-state index in [2.05, 4.69) is 50.4 Å². The van der Waals surface area contributed by atoms with Crippen LogP contribution in [0.2, 0.25) is 0 Å². The summed E-state index contributed by atoms with van der Waals surface area (Å²) in [5.74, 6) is 0.959. The van der Waals surface area contributed by atoms with Gasteiger partial charge in [-0.2, -0.15) is 0 Å². The molecule has 0 spiro atoms. The molecule has 1 aromatic rings. The highest BCUT2D eigenvalue weighted by Gasteiger charge is 2.27. The summed E-state index contributed by atoms with van der Waals surface area (Å²) in [6, 6.07) is 8.44. The smallest absolute Gasteiger partial charge is 0.119 e. The lowest BCUT2D eigenvalue weighted by molar-refractivity contribution is 0.242. The van der Waals surface area contributed by atoms with Crippen molar-refractivity contribution in [3.8, 4) is 5.75 Å². The third-order valence-electron chi connectivity index (χ3n) is 3.72. The van der Waals surface area contributed by atoms with E-state index in [4.69, 9.17) is 4.74 Å². The molecule has 2 nitrogen and oxygen atoms in total. The number of rotatable bonds is 5. The summed E-state index contributed by atoms with van der Waals surface area (Å²) in [6.45, 7) is 7.40. The van der Waals surface area contributed by atoms with Gasteiger partial charge in [0.2, 0.25) is 0 Å². The number of benzene rings is 1. The van der Waals surface area contributed by atoms with Crippen LogP contribution in [0.5, 0.6) is 5.75 Å². The van der Waals surface area contributed by atoms with Crippen LogP contribution in [0.25, 0.3) is 0 Å². The highest BCUT2D eigenvalue weighted by molar-refractivity contribution is 5.27. The molecule has 0 atom stereocenters. The monoisotopic (exact) mass is 247 g/mol. The molecule has 2 rings (SSSR count). The van der Waals surface area contributed by atoms with Crippen LogP contribution in [-0.2, 0) is 6.54 Å². The summed E-state index contributed by atoms with van der Waals surface area (Å²) in [5, 5.41) is 3.69. The second-order valence-corrected chi connectivity index (χ2v) is 5.93. The van der Waals surface area contributed by atoms with Crippen molar-refractivity contribution < 1.29 is 4.74 Å². The Kier molecular flexibility index (Phi) is 4.28. The first-order valence-corrected chi connectivity index (χ1v) is 7.08. The van der Waals surface area contributed by atoms with Crippen LogP contribution >= 0.6 is 0 Å². The van der Waals surface area contributed by atoms with Gasteiger partial charge in [-0.05, 0) is 51.3 Å². The van der Waals surface area contributed by atoms with Crippen molar-refractivity contribution in [3.05, 3.63) is 29.8 Å². The van der Waals surface area contributed by atoms with Crippen LogP contribution in [0, 0.1) is 0 Å². The van der Waals surface area contributed by atoms with Crippen molar-refractivity contribution in [3.63, 3.8) is 0 Å². The number of hydrogen-bond acceptors (Lipinski definition) is 2. The summed E-state index contributed by atoms with van der Waals surface area (Å²) < 4.78 is 5.65. The zero-order chi connectivity index (χ0) is 13.0. The Morgan fingerprint density at radius 1 is 1.17 bits per heavy atom. The molecule has 2 heteroatoms. The first kappa shape index (κ1) is 13.4. The van der Waals surface area contributed by atoms with Crippen LogP contribution in [0.3, 0.4) is 0 Å². The molecule has 0 bridgehead atoms. The SMILES string of the molecule is CC(C)Oc1ccc(CNC2(C)CCCC2)cc1. The van der Waals surface area contributed by atoms with Gasteiger partial charge in [0.25, 0.3) is 0 Å². The maximum Gasteiger partial charge on any atom is 0.119 e. The van der Waals surface area contributed by atoms with E-state index < -0.39 is 0 Å². The number of ether oxygens (including phenoxy) is 1. The second-order valence-electron chi connectivity index (χ2n) is 5.93. The Morgan fingerprint density at radius 2 is 1.78 bits per heavy atom. The van der Waals surface area contributed by atoms with Gasteiger partial charge in [0.15, 0.2) is 0 Å².